The predicted molar refractivity (Wildman–Crippen MR) is 95.6 cm³/mol. The molecule has 0 radical (unpaired) electrons. The standard InChI is InChI=1S/C17H33N5O/c1-7-18-16(20-12-15(23-6)17(3,4)5)19-11-14(2)13-22-10-8-9-21-22/h8-10,14-15H,7,11-13H2,1-6H3,(H2,18,19,20). The molecule has 2 unspecified atom stereocenters. The van der Waals surface area contributed by atoms with Crippen molar-refractivity contribution in [1.82, 2.24) is 20.4 Å². The Morgan fingerprint density at radius 2 is 2.09 bits per heavy atom. The molecule has 0 aliphatic rings. The minimum Gasteiger partial charge on any atom is -0.379 e. The fourth-order valence-corrected chi connectivity index (χ4v) is 2.31. The number of rotatable bonds is 8. The highest BCUT2D eigenvalue weighted by atomic mass is 16.5. The van der Waals surface area contributed by atoms with Gasteiger partial charge in [0.2, 0.25) is 0 Å². The molecule has 132 valence electrons. The number of hydrogen-bond acceptors (Lipinski definition) is 3. The zero-order valence-electron chi connectivity index (χ0n) is 15.5. The van der Waals surface area contributed by atoms with Gasteiger partial charge in [0.05, 0.1) is 6.10 Å². The SMILES string of the molecule is CCNC(=NCC(C)Cn1cccn1)NCC(OC)C(C)(C)C. The lowest BCUT2D eigenvalue weighted by Crippen LogP contribution is -2.45. The van der Waals surface area contributed by atoms with E-state index in [1.807, 2.05) is 16.9 Å². The third-order valence-corrected chi connectivity index (χ3v) is 3.67. The van der Waals surface area contributed by atoms with Crippen molar-refractivity contribution in [1.29, 1.82) is 0 Å². The van der Waals surface area contributed by atoms with Crippen LogP contribution in [-0.2, 0) is 11.3 Å². The van der Waals surface area contributed by atoms with Crippen LogP contribution in [0.1, 0.15) is 34.6 Å². The Balaban J connectivity index is 2.52. The summed E-state index contributed by atoms with van der Waals surface area (Å²) in [5.74, 6) is 1.26. The van der Waals surface area contributed by atoms with Crippen LogP contribution in [0.25, 0.3) is 0 Å². The van der Waals surface area contributed by atoms with Crippen molar-refractivity contribution in [2.24, 2.45) is 16.3 Å². The van der Waals surface area contributed by atoms with Gasteiger partial charge in [-0.1, -0.05) is 27.7 Å². The number of aliphatic imine (C=N–C) groups is 1. The number of aromatic nitrogens is 2. The van der Waals surface area contributed by atoms with E-state index >= 15 is 0 Å². The van der Waals surface area contributed by atoms with E-state index in [1.165, 1.54) is 0 Å². The van der Waals surface area contributed by atoms with Gasteiger partial charge in [0, 0.05) is 45.7 Å². The van der Waals surface area contributed by atoms with Crippen molar-refractivity contribution in [3.05, 3.63) is 18.5 Å². The molecule has 0 fully saturated rings. The van der Waals surface area contributed by atoms with E-state index < -0.39 is 0 Å². The molecular weight excluding hydrogens is 290 g/mol. The smallest absolute Gasteiger partial charge is 0.191 e. The lowest BCUT2D eigenvalue weighted by atomic mass is 9.89. The van der Waals surface area contributed by atoms with E-state index in [0.717, 1.165) is 32.1 Å². The van der Waals surface area contributed by atoms with Crippen LogP contribution in [0.3, 0.4) is 0 Å². The van der Waals surface area contributed by atoms with Gasteiger partial charge in [0.25, 0.3) is 0 Å². The van der Waals surface area contributed by atoms with Crippen molar-refractivity contribution in [2.45, 2.75) is 47.3 Å². The average Bonchev–Trinajstić information content (AvgIpc) is 2.96. The maximum Gasteiger partial charge on any atom is 0.191 e. The normalized spacial score (nSPS) is 15.3. The molecule has 6 nitrogen and oxygen atoms in total. The number of hydrogen-bond donors (Lipinski definition) is 2. The maximum atomic E-state index is 5.58. The lowest BCUT2D eigenvalue weighted by Gasteiger charge is -2.30. The summed E-state index contributed by atoms with van der Waals surface area (Å²) < 4.78 is 7.53. The van der Waals surface area contributed by atoms with Gasteiger partial charge in [-0.15, -0.1) is 0 Å². The molecule has 0 aromatic carbocycles. The third kappa shape index (κ3) is 7.50. The van der Waals surface area contributed by atoms with Crippen molar-refractivity contribution >= 4 is 5.96 Å². The second kappa shape index (κ2) is 9.55. The summed E-state index contributed by atoms with van der Waals surface area (Å²) in [5.41, 5.74) is 0.0897. The van der Waals surface area contributed by atoms with Crippen molar-refractivity contribution < 1.29 is 4.74 Å². The highest BCUT2D eigenvalue weighted by Crippen LogP contribution is 2.20. The van der Waals surface area contributed by atoms with Gasteiger partial charge in [0.1, 0.15) is 0 Å². The van der Waals surface area contributed by atoms with Gasteiger partial charge in [-0.3, -0.25) is 9.67 Å². The van der Waals surface area contributed by atoms with E-state index in [9.17, 15) is 0 Å². The molecule has 0 saturated heterocycles. The Labute approximate surface area is 140 Å². The molecule has 0 aliphatic heterocycles. The molecule has 1 aromatic rings. The van der Waals surface area contributed by atoms with Crippen LogP contribution in [0.5, 0.6) is 0 Å². The Morgan fingerprint density at radius 3 is 2.61 bits per heavy atom. The molecule has 2 N–H and O–H groups in total. The molecule has 0 saturated carbocycles. The molecule has 0 amide bonds. The van der Waals surface area contributed by atoms with E-state index in [-0.39, 0.29) is 11.5 Å². The fraction of sp³-hybridized carbons (Fsp3) is 0.765. The summed E-state index contributed by atoms with van der Waals surface area (Å²) in [5, 5.41) is 10.9. The largest absolute Gasteiger partial charge is 0.379 e. The highest BCUT2D eigenvalue weighted by Gasteiger charge is 2.24. The van der Waals surface area contributed by atoms with Gasteiger partial charge in [-0.2, -0.15) is 5.10 Å². The summed E-state index contributed by atoms with van der Waals surface area (Å²) in [6.45, 7) is 14.0. The van der Waals surface area contributed by atoms with Gasteiger partial charge >= 0.3 is 0 Å². The molecule has 0 spiro atoms. The quantitative estimate of drug-likeness (QED) is 0.568. The number of guanidine groups is 1. The van der Waals surface area contributed by atoms with Crippen LogP contribution < -0.4 is 10.6 Å². The molecule has 1 rings (SSSR count). The van der Waals surface area contributed by atoms with Gasteiger partial charge < -0.3 is 15.4 Å². The number of ether oxygens (including phenoxy) is 1. The van der Waals surface area contributed by atoms with E-state index in [4.69, 9.17) is 4.74 Å². The predicted octanol–water partition coefficient (Wildman–Crippen LogP) is 2.14. The Hall–Kier alpha value is -1.56. The zero-order valence-corrected chi connectivity index (χ0v) is 15.5. The van der Waals surface area contributed by atoms with Crippen LogP contribution in [0, 0.1) is 11.3 Å². The summed E-state index contributed by atoms with van der Waals surface area (Å²) in [4.78, 5) is 4.68. The van der Waals surface area contributed by atoms with Crippen LogP contribution in [0.15, 0.2) is 23.5 Å². The Morgan fingerprint density at radius 1 is 1.35 bits per heavy atom. The Kier molecular flexibility index (Phi) is 8.09. The first kappa shape index (κ1) is 19.5. The minimum atomic E-state index is 0.0897. The van der Waals surface area contributed by atoms with Crippen LogP contribution in [-0.4, -0.2) is 48.6 Å². The van der Waals surface area contributed by atoms with Crippen LogP contribution in [0.4, 0.5) is 0 Å². The molecule has 0 aliphatic carbocycles. The van der Waals surface area contributed by atoms with Crippen molar-refractivity contribution in [2.75, 3.05) is 26.7 Å². The molecule has 0 bridgehead atoms. The molecule has 2 atom stereocenters. The van der Waals surface area contributed by atoms with Crippen LogP contribution in [0.2, 0.25) is 0 Å². The molecule has 6 heteroatoms. The summed E-state index contributed by atoms with van der Waals surface area (Å²) in [6.07, 6.45) is 3.92. The molecule has 1 heterocycles. The average molecular weight is 323 g/mol. The monoisotopic (exact) mass is 323 g/mol. The van der Waals surface area contributed by atoms with Crippen molar-refractivity contribution in [3.63, 3.8) is 0 Å². The van der Waals surface area contributed by atoms with E-state index in [2.05, 4.69) is 55.3 Å². The van der Waals surface area contributed by atoms with Gasteiger partial charge in [-0.25, -0.2) is 0 Å². The van der Waals surface area contributed by atoms with Crippen molar-refractivity contribution in [3.8, 4) is 0 Å². The second-order valence-electron chi connectivity index (χ2n) is 7.02. The first-order valence-corrected chi connectivity index (χ1v) is 8.39. The number of methoxy groups -OCH3 is 1. The summed E-state index contributed by atoms with van der Waals surface area (Å²) in [6, 6.07) is 1.94. The van der Waals surface area contributed by atoms with E-state index in [1.54, 1.807) is 13.3 Å². The summed E-state index contributed by atoms with van der Waals surface area (Å²) >= 11 is 0. The maximum absolute atomic E-state index is 5.58. The Bertz CT molecular complexity index is 450. The second-order valence-corrected chi connectivity index (χ2v) is 7.02. The first-order valence-electron chi connectivity index (χ1n) is 8.39. The van der Waals surface area contributed by atoms with Crippen LogP contribution >= 0.6 is 0 Å². The van der Waals surface area contributed by atoms with E-state index in [0.29, 0.717) is 5.92 Å². The third-order valence-electron chi connectivity index (χ3n) is 3.67. The highest BCUT2D eigenvalue weighted by molar-refractivity contribution is 5.79. The van der Waals surface area contributed by atoms with Gasteiger partial charge in [-0.05, 0) is 24.3 Å². The van der Waals surface area contributed by atoms with Gasteiger partial charge in [0.15, 0.2) is 5.96 Å². The number of nitrogens with zero attached hydrogens (tertiary/aromatic N) is 3. The lowest BCUT2D eigenvalue weighted by molar-refractivity contribution is 0.0205. The fourth-order valence-electron chi connectivity index (χ4n) is 2.31. The number of nitrogens with one attached hydrogen (secondary N) is 2. The minimum absolute atomic E-state index is 0.0897. The molecular formula is C17H33N5O. The first-order chi connectivity index (χ1) is 10.9. The molecule has 1 aromatic heterocycles. The topological polar surface area (TPSA) is 63.5 Å². The summed E-state index contributed by atoms with van der Waals surface area (Å²) in [7, 11) is 1.76. The zero-order chi connectivity index (χ0) is 17.3. The molecule has 23 heavy (non-hydrogen) atoms.